The van der Waals surface area contributed by atoms with E-state index in [9.17, 15) is 0 Å². The van der Waals surface area contributed by atoms with E-state index in [1.54, 1.807) is 0 Å². The fourth-order valence-corrected chi connectivity index (χ4v) is 8.08. The summed E-state index contributed by atoms with van der Waals surface area (Å²) in [6.45, 7) is 11.7. The highest BCUT2D eigenvalue weighted by molar-refractivity contribution is 6.88. The van der Waals surface area contributed by atoms with Crippen molar-refractivity contribution in [1.82, 2.24) is 19.9 Å². The summed E-state index contributed by atoms with van der Waals surface area (Å²) >= 11 is 0. The minimum Gasteiger partial charge on any atom is -0.253 e. The van der Waals surface area contributed by atoms with Gasteiger partial charge in [0.15, 0.2) is 17.5 Å². The van der Waals surface area contributed by atoms with Crippen LogP contribution in [0.4, 0.5) is 0 Å². The molecule has 0 spiro atoms. The molecule has 1 aliphatic rings. The molecule has 0 atom stereocenters. The van der Waals surface area contributed by atoms with Crippen molar-refractivity contribution in [1.29, 1.82) is 0 Å². The van der Waals surface area contributed by atoms with Crippen LogP contribution in [0.1, 0.15) is 25.0 Å². The lowest BCUT2D eigenvalue weighted by atomic mass is 9.79. The largest absolute Gasteiger partial charge is 0.253 e. The first-order chi connectivity index (χ1) is 22.7. The smallest absolute Gasteiger partial charge is 0.182 e. The summed E-state index contributed by atoms with van der Waals surface area (Å²) < 4.78 is 0. The van der Waals surface area contributed by atoms with Crippen LogP contribution in [-0.4, -0.2) is 28.0 Å². The van der Waals surface area contributed by atoms with Crippen LogP contribution < -0.4 is 5.19 Å². The van der Waals surface area contributed by atoms with Crippen molar-refractivity contribution in [2.45, 2.75) is 38.9 Å². The van der Waals surface area contributed by atoms with Gasteiger partial charge in [-0.1, -0.05) is 143 Å². The minimum atomic E-state index is -1.51. The van der Waals surface area contributed by atoms with E-state index in [-0.39, 0.29) is 5.41 Å². The Bertz CT molecular complexity index is 2310. The lowest BCUT2D eigenvalue weighted by Crippen LogP contribution is -2.37. The molecular formula is C42H36N4Si. The Hall–Kier alpha value is -5.26. The number of aromatic nitrogens is 4. The Labute approximate surface area is 277 Å². The molecule has 0 aliphatic heterocycles. The van der Waals surface area contributed by atoms with Crippen LogP contribution in [0.25, 0.3) is 67.3 Å². The van der Waals surface area contributed by atoms with E-state index in [1.165, 1.54) is 33.0 Å². The average Bonchev–Trinajstić information content (AvgIpc) is 3.34. The Morgan fingerprint density at radius 3 is 2.00 bits per heavy atom. The van der Waals surface area contributed by atoms with Gasteiger partial charge in [0.25, 0.3) is 0 Å². The number of fused-ring (bicyclic) bond motifs is 4. The molecule has 0 bridgehead atoms. The van der Waals surface area contributed by atoms with Gasteiger partial charge < -0.3 is 0 Å². The van der Waals surface area contributed by atoms with Gasteiger partial charge in [0.1, 0.15) is 5.69 Å². The maximum atomic E-state index is 5.13. The molecule has 0 radical (unpaired) electrons. The van der Waals surface area contributed by atoms with Gasteiger partial charge in [-0.15, -0.1) is 0 Å². The number of hydrogen-bond donors (Lipinski definition) is 0. The van der Waals surface area contributed by atoms with E-state index in [0.29, 0.717) is 17.5 Å². The van der Waals surface area contributed by atoms with Crippen LogP contribution >= 0.6 is 0 Å². The molecule has 0 saturated carbocycles. The third kappa shape index (κ3) is 4.98. The maximum absolute atomic E-state index is 5.13. The quantitative estimate of drug-likeness (QED) is 0.179. The zero-order valence-corrected chi connectivity index (χ0v) is 28.4. The van der Waals surface area contributed by atoms with Crippen molar-refractivity contribution in [3.63, 3.8) is 0 Å². The van der Waals surface area contributed by atoms with Crippen LogP contribution in [0.5, 0.6) is 0 Å². The summed E-state index contributed by atoms with van der Waals surface area (Å²) in [5.74, 6) is 1.84. The van der Waals surface area contributed by atoms with Gasteiger partial charge in [0.2, 0.25) is 0 Å². The van der Waals surface area contributed by atoms with Crippen LogP contribution in [0.3, 0.4) is 0 Å². The van der Waals surface area contributed by atoms with Gasteiger partial charge >= 0.3 is 0 Å². The Morgan fingerprint density at radius 1 is 0.532 bits per heavy atom. The Kier molecular flexibility index (Phi) is 6.78. The van der Waals surface area contributed by atoms with Crippen molar-refractivity contribution >= 4 is 24.0 Å². The molecule has 47 heavy (non-hydrogen) atoms. The molecule has 0 saturated heterocycles. The van der Waals surface area contributed by atoms with Crippen LogP contribution in [-0.2, 0) is 5.41 Å². The highest BCUT2D eigenvalue weighted by atomic mass is 28.3. The molecule has 0 amide bonds. The predicted molar refractivity (Wildman–Crippen MR) is 197 cm³/mol. The highest BCUT2D eigenvalue weighted by Gasteiger charge is 2.37. The van der Waals surface area contributed by atoms with Gasteiger partial charge in [0, 0.05) is 22.7 Å². The fraction of sp³-hybridized carbons (Fsp3) is 0.143. The zero-order valence-electron chi connectivity index (χ0n) is 27.4. The molecule has 1 aliphatic carbocycles. The fourth-order valence-electron chi connectivity index (χ4n) is 7.04. The summed E-state index contributed by atoms with van der Waals surface area (Å²) in [7, 11) is -1.51. The van der Waals surface area contributed by atoms with Gasteiger partial charge in [-0.05, 0) is 61.5 Å². The van der Waals surface area contributed by atoms with Crippen molar-refractivity contribution < 1.29 is 0 Å². The second-order valence-corrected chi connectivity index (χ2v) is 19.1. The number of nitrogens with zero attached hydrogens (tertiary/aromatic N) is 4. The lowest BCUT2D eigenvalue weighted by Gasteiger charge is -2.24. The third-order valence-electron chi connectivity index (χ3n) is 9.54. The number of benzene rings is 5. The molecule has 2 heterocycles. The third-order valence-corrected chi connectivity index (χ3v) is 11.6. The lowest BCUT2D eigenvalue weighted by molar-refractivity contribution is 0.662. The van der Waals surface area contributed by atoms with Gasteiger partial charge in [-0.3, -0.25) is 4.98 Å². The Morgan fingerprint density at radius 2 is 1.17 bits per heavy atom. The van der Waals surface area contributed by atoms with Gasteiger partial charge in [-0.25, -0.2) is 15.0 Å². The van der Waals surface area contributed by atoms with Gasteiger partial charge in [0.05, 0.1) is 8.07 Å². The normalized spacial score (nSPS) is 13.4. The predicted octanol–water partition coefficient (Wildman–Crippen LogP) is 9.94. The summed E-state index contributed by atoms with van der Waals surface area (Å²) in [5.41, 5.74) is 10.3. The SMILES string of the molecule is CC1(C)c2ccccc2-c2cccc(-c3cccc(-c4nc(-c5ccc([Si](C)(C)C)cn5)nc(-c5cccc6ccccc56)n4)c3)c21. The second kappa shape index (κ2) is 10.9. The number of rotatable bonds is 5. The molecule has 228 valence electrons. The topological polar surface area (TPSA) is 51.6 Å². The van der Waals surface area contributed by atoms with E-state index in [4.69, 9.17) is 19.9 Å². The van der Waals surface area contributed by atoms with Crippen molar-refractivity contribution in [3.05, 3.63) is 139 Å². The van der Waals surface area contributed by atoms with Gasteiger partial charge in [-0.2, -0.15) is 0 Å². The molecule has 8 rings (SSSR count). The molecule has 0 unspecified atom stereocenters. The van der Waals surface area contributed by atoms with Crippen molar-refractivity contribution in [2.75, 3.05) is 0 Å². The molecule has 0 N–H and O–H groups in total. The molecular weight excluding hydrogens is 589 g/mol. The molecule has 5 aromatic carbocycles. The summed E-state index contributed by atoms with van der Waals surface area (Å²) in [6, 6.07) is 43.0. The first-order valence-electron chi connectivity index (χ1n) is 16.2. The standard InChI is InChI=1S/C42H36N4Si/c1-42(2)36-22-9-8-18-33(36)34-20-12-19-32(38(34)42)28-15-10-16-29(25-28)39-44-40(35-21-11-14-27-13-6-7-17-31(27)35)46-41(45-39)37-24-23-30(26-43-37)47(3,4)5/h6-26H,1-5H3. The van der Waals surface area contributed by atoms with E-state index in [2.05, 4.69) is 155 Å². The number of pyridine rings is 1. The monoisotopic (exact) mass is 624 g/mol. The first kappa shape index (κ1) is 29.2. The maximum Gasteiger partial charge on any atom is 0.182 e. The highest BCUT2D eigenvalue weighted by Crippen LogP contribution is 2.52. The van der Waals surface area contributed by atoms with Crippen LogP contribution in [0, 0.1) is 0 Å². The molecule has 5 heteroatoms. The van der Waals surface area contributed by atoms with E-state index < -0.39 is 8.07 Å². The first-order valence-corrected chi connectivity index (χ1v) is 19.7. The average molecular weight is 625 g/mol. The van der Waals surface area contributed by atoms with Crippen LogP contribution in [0.15, 0.2) is 128 Å². The summed E-state index contributed by atoms with van der Waals surface area (Å²) in [5, 5.41) is 3.56. The summed E-state index contributed by atoms with van der Waals surface area (Å²) in [4.78, 5) is 20.1. The van der Waals surface area contributed by atoms with E-state index in [0.717, 1.165) is 33.2 Å². The molecule has 7 aromatic rings. The Balaban J connectivity index is 1.30. The van der Waals surface area contributed by atoms with Crippen molar-refractivity contribution in [2.24, 2.45) is 0 Å². The molecule has 2 aromatic heterocycles. The number of hydrogen-bond acceptors (Lipinski definition) is 4. The minimum absolute atomic E-state index is 0.117. The van der Waals surface area contributed by atoms with Crippen LogP contribution in [0.2, 0.25) is 19.6 Å². The van der Waals surface area contributed by atoms with Crippen molar-refractivity contribution in [3.8, 4) is 56.5 Å². The van der Waals surface area contributed by atoms with E-state index >= 15 is 0 Å². The molecule has 4 nitrogen and oxygen atoms in total. The zero-order chi connectivity index (χ0) is 32.3. The van der Waals surface area contributed by atoms with E-state index in [1.807, 2.05) is 6.20 Å². The summed E-state index contributed by atoms with van der Waals surface area (Å²) in [6.07, 6.45) is 2.00. The second-order valence-electron chi connectivity index (χ2n) is 14.0. The molecule has 0 fully saturated rings.